The second kappa shape index (κ2) is 39.9. The first-order chi connectivity index (χ1) is 53.4. The van der Waals surface area contributed by atoms with Gasteiger partial charge in [-0.05, 0) is 84.2 Å². The van der Waals surface area contributed by atoms with Gasteiger partial charge in [-0.1, -0.05) is 74.5 Å². The van der Waals surface area contributed by atoms with E-state index in [0.29, 0.717) is 117 Å². The van der Waals surface area contributed by atoms with Gasteiger partial charge < -0.3 is 89.0 Å². The highest BCUT2D eigenvalue weighted by atomic mass is 35.5. The number of aromatic nitrogens is 2. The summed E-state index contributed by atoms with van der Waals surface area (Å²) in [6.45, 7) is 8.48. The molecule has 3 fully saturated rings. The molecule has 4 atom stereocenters. The SMILES string of the molecule is CC(C)C(NC(=O)CCOCCOCCOCCOCCOCCOCCNC(=O)c1cnc(S)nc1)C(=O)N[C@@H](CCCN)C(=O)Nc1ccc(COC(=O)N(C)CCN(C)C(=O)Oc2cc3c(c4ccccc24)[C@H](CCl)CN3C(=O)C23CC(C(=O)N4C[C@@H](CCl)c5c4cc(OP(=O)(O)O)c4ccccc54)(C2)C3)cc1. The number of alkyl halides is 2. The molecule has 111 heavy (non-hydrogen) atoms. The highest BCUT2D eigenvalue weighted by Crippen LogP contribution is 2.75. The molecular weight excluding hydrogens is 1520 g/mol. The van der Waals surface area contributed by atoms with Gasteiger partial charge in [0.2, 0.25) is 29.5 Å². The summed E-state index contributed by atoms with van der Waals surface area (Å²) in [5, 5.41) is 13.9. The van der Waals surface area contributed by atoms with Crippen LogP contribution in [0, 0.1) is 16.7 Å². The van der Waals surface area contributed by atoms with Gasteiger partial charge in [-0.2, -0.15) is 0 Å². The lowest BCUT2D eigenvalue weighted by molar-refractivity contribution is -0.205. The molecule has 0 saturated heterocycles. The van der Waals surface area contributed by atoms with Gasteiger partial charge >= 0.3 is 20.0 Å². The quantitative estimate of drug-likeness (QED) is 0.00598. The van der Waals surface area contributed by atoms with Gasteiger partial charge in [0, 0.05) is 118 Å². The monoisotopic (exact) mass is 1620 g/mol. The standard InChI is InChI=1S/C76H96Cl2N11O20PS/c1-48(2)66(85-63(90)19-24-101-26-28-103-30-32-105-34-35-106-33-31-104-29-27-102-25-21-80-67(91)52-40-81-72(111)82-41-52)69(93)84-58(14-9-20-79)68(92)83-53-17-15-49(16-18-53)44-107-73(96)86(3)22-23-87(4)74(97)108-61-36-59-64(56-12-7-5-10-54(56)61)50(38-77)42-88(59)70(94)75-45-76(46-75,47-75)71(95)89-43-51(39-78)65-57-13-8-6-11-55(57)62(37-60(65)89)109-110(98,99)100/h5-8,10-13,15-18,36-37,40-41,48,50-51,58,66H,9,14,19-35,38-39,42-47,79H2,1-4H3,(H,80,91)(H,83,92)(H,84,93)(H,85,90)(H,81,82,111)(H2,98,99,100)/t50-,51-,58+,66?,75?,76?/m1/s1. The number of carbonyl (C=O) groups is 8. The van der Waals surface area contributed by atoms with Crippen LogP contribution in [0.1, 0.15) is 91.3 Å². The summed E-state index contributed by atoms with van der Waals surface area (Å²) in [6, 6.07) is 22.2. The summed E-state index contributed by atoms with van der Waals surface area (Å²) in [6.07, 6.45) is 2.87. The number of fused-ring (bicyclic) bond motifs is 6. The fraction of sp³-hybridized carbons (Fsp3) is 0.500. The van der Waals surface area contributed by atoms with Crippen molar-refractivity contribution >= 4 is 130 Å². The van der Waals surface area contributed by atoms with Crippen LogP contribution in [0.3, 0.4) is 0 Å². The lowest BCUT2D eigenvalue weighted by Crippen LogP contribution is -2.73. The highest BCUT2D eigenvalue weighted by molar-refractivity contribution is 7.80. The summed E-state index contributed by atoms with van der Waals surface area (Å²) in [7, 11) is -1.93. The van der Waals surface area contributed by atoms with Gasteiger partial charge in [-0.15, -0.1) is 35.8 Å². The number of rotatable bonds is 43. The van der Waals surface area contributed by atoms with Crippen LogP contribution in [0.2, 0.25) is 0 Å². The summed E-state index contributed by atoms with van der Waals surface area (Å²) >= 11 is 17.2. The Hall–Kier alpha value is -8.34. The Bertz CT molecular complexity index is 4300. The third kappa shape index (κ3) is 21.9. The Morgan fingerprint density at radius 2 is 1.13 bits per heavy atom. The highest BCUT2D eigenvalue weighted by Gasteiger charge is 2.76. The maximum Gasteiger partial charge on any atom is 0.524 e. The smallest absolute Gasteiger partial charge is 0.445 e. The summed E-state index contributed by atoms with van der Waals surface area (Å²) in [5.74, 6) is -2.48. The predicted molar refractivity (Wildman–Crippen MR) is 416 cm³/mol. The van der Waals surface area contributed by atoms with E-state index in [9.17, 15) is 52.7 Å². The van der Waals surface area contributed by atoms with Gasteiger partial charge in [-0.3, -0.25) is 38.6 Å². The number of phosphoric ester groups is 1. The number of hydrogen-bond acceptors (Lipinski definition) is 22. The molecule has 1 aromatic heterocycles. The largest absolute Gasteiger partial charge is 0.524 e. The van der Waals surface area contributed by atoms with Crippen LogP contribution in [0.4, 0.5) is 26.7 Å². The number of likely N-dealkylation sites (N-methyl/N-ethyl adjacent to an activating group) is 2. The Balaban J connectivity index is 0.604. The van der Waals surface area contributed by atoms with E-state index in [1.165, 1.54) is 42.4 Å². The van der Waals surface area contributed by atoms with E-state index in [2.05, 4.69) is 43.9 Å². The molecule has 5 aliphatic rings. The third-order valence-electron chi connectivity index (χ3n) is 19.8. The number of nitrogens with two attached hydrogens (primary N) is 1. The predicted octanol–water partition coefficient (Wildman–Crippen LogP) is 7.67. The molecule has 5 aromatic carbocycles. The molecule has 3 heterocycles. The third-order valence-corrected chi connectivity index (χ3v) is 21.2. The number of nitrogens with zero attached hydrogens (tertiary/aromatic N) is 6. The molecular formula is C76H96Cl2N11O20PS. The number of hydrogen-bond donors (Lipinski definition) is 8. The van der Waals surface area contributed by atoms with Crippen LogP contribution in [-0.4, -0.2) is 234 Å². The van der Waals surface area contributed by atoms with Crippen LogP contribution in [0.5, 0.6) is 11.5 Å². The second-order valence-electron chi connectivity index (χ2n) is 28.1. The first-order valence-corrected chi connectivity index (χ1v) is 39.8. The summed E-state index contributed by atoms with van der Waals surface area (Å²) < 4.78 is 62.1. The van der Waals surface area contributed by atoms with E-state index in [4.69, 9.17) is 71.4 Å². The Kier molecular flexibility index (Phi) is 30.6. The Labute approximate surface area is 658 Å². The zero-order valence-corrected chi connectivity index (χ0v) is 65.7. The van der Waals surface area contributed by atoms with Crippen molar-refractivity contribution in [2.75, 3.05) is 160 Å². The maximum absolute atomic E-state index is 14.9. The molecule has 35 heteroatoms. The number of anilines is 3. The minimum atomic E-state index is -4.98. The molecule has 0 radical (unpaired) electrons. The molecule has 11 rings (SSSR count). The minimum Gasteiger partial charge on any atom is -0.445 e. The number of halogens is 2. The van der Waals surface area contributed by atoms with E-state index < -0.39 is 60.6 Å². The lowest BCUT2D eigenvalue weighted by Gasteiger charge is -2.69. The molecule has 8 amide bonds. The Morgan fingerprint density at radius 1 is 0.649 bits per heavy atom. The topological polar surface area (TPSA) is 390 Å². The number of thiol groups is 1. The van der Waals surface area contributed by atoms with Gasteiger partial charge in [0.25, 0.3) is 5.91 Å². The molecule has 1 unspecified atom stereocenters. The first-order valence-electron chi connectivity index (χ1n) is 36.7. The molecule has 6 aromatic rings. The zero-order valence-electron chi connectivity index (χ0n) is 62.4. The molecule has 8 N–H and O–H groups in total. The lowest BCUT2D eigenvalue weighted by atomic mass is 9.34. The van der Waals surface area contributed by atoms with Crippen LogP contribution in [0.25, 0.3) is 21.5 Å². The van der Waals surface area contributed by atoms with Crippen molar-refractivity contribution in [2.24, 2.45) is 22.5 Å². The van der Waals surface area contributed by atoms with Crippen molar-refractivity contribution < 1.29 is 95.1 Å². The van der Waals surface area contributed by atoms with E-state index >= 15 is 0 Å². The summed E-state index contributed by atoms with van der Waals surface area (Å²) in [5.41, 5.74) is 8.09. The number of carbonyl (C=O) groups excluding carboxylic acids is 8. The van der Waals surface area contributed by atoms with Crippen molar-refractivity contribution in [1.82, 2.24) is 35.7 Å². The van der Waals surface area contributed by atoms with E-state index in [-0.39, 0.29) is 155 Å². The van der Waals surface area contributed by atoms with Gasteiger partial charge in [-0.25, -0.2) is 24.1 Å². The van der Waals surface area contributed by atoms with E-state index in [1.54, 1.807) is 72.2 Å². The maximum atomic E-state index is 14.9. The molecule has 31 nitrogen and oxygen atoms in total. The van der Waals surface area contributed by atoms with E-state index in [0.717, 1.165) is 16.5 Å². The molecule has 600 valence electrons. The van der Waals surface area contributed by atoms with Gasteiger partial charge in [0.05, 0.1) is 107 Å². The van der Waals surface area contributed by atoms with Crippen molar-refractivity contribution in [2.45, 2.75) is 88.1 Å². The zero-order chi connectivity index (χ0) is 79.4. The van der Waals surface area contributed by atoms with Crippen molar-refractivity contribution in [1.29, 1.82) is 0 Å². The molecule has 2 aliphatic heterocycles. The number of amides is 8. The van der Waals surface area contributed by atoms with Crippen LogP contribution in [0.15, 0.2) is 102 Å². The average Bonchev–Trinajstić information content (AvgIpc) is 1.52. The first kappa shape index (κ1) is 85.1. The normalized spacial score (nSPS) is 17.9. The van der Waals surface area contributed by atoms with Crippen molar-refractivity contribution in [3.05, 3.63) is 120 Å². The molecule has 3 aliphatic carbocycles. The summed E-state index contributed by atoms with van der Waals surface area (Å²) in [4.78, 5) is 143. The van der Waals surface area contributed by atoms with Gasteiger partial charge in [0.1, 0.15) is 30.2 Å². The van der Waals surface area contributed by atoms with Crippen LogP contribution >= 0.6 is 43.7 Å². The van der Waals surface area contributed by atoms with Gasteiger partial charge in [0.15, 0.2) is 5.16 Å². The number of nitrogens with one attached hydrogen (secondary N) is 4. The average molecular weight is 1620 g/mol. The minimum absolute atomic E-state index is 0.0208. The molecule has 2 bridgehead atoms. The van der Waals surface area contributed by atoms with Crippen molar-refractivity contribution in [3.63, 3.8) is 0 Å². The Morgan fingerprint density at radius 3 is 1.62 bits per heavy atom. The molecule has 3 saturated carbocycles. The van der Waals surface area contributed by atoms with Crippen LogP contribution < -0.4 is 46.1 Å². The van der Waals surface area contributed by atoms with E-state index in [1.807, 2.05) is 30.3 Å². The number of benzene rings is 5. The number of ether oxygens (including phenoxy) is 8. The second-order valence-corrected chi connectivity index (χ2v) is 30.3. The fourth-order valence-corrected chi connectivity index (χ4v) is 15.2. The fourth-order valence-electron chi connectivity index (χ4n) is 14.2. The number of phosphoric acid groups is 1. The van der Waals surface area contributed by atoms with Crippen LogP contribution in [-0.2, 0) is 68.3 Å². The molecule has 0 spiro atoms. The van der Waals surface area contributed by atoms with Crippen molar-refractivity contribution in [3.8, 4) is 11.5 Å².